The van der Waals surface area contributed by atoms with Crippen LogP contribution in [0.5, 0.6) is 0 Å². The van der Waals surface area contributed by atoms with E-state index in [0.29, 0.717) is 56.3 Å². The highest BCUT2D eigenvalue weighted by Crippen LogP contribution is 2.14. The first-order chi connectivity index (χ1) is 14.6. The van der Waals surface area contributed by atoms with Crippen molar-refractivity contribution < 1.29 is 9.18 Å². The summed E-state index contributed by atoms with van der Waals surface area (Å²) in [7, 11) is 0. The summed E-state index contributed by atoms with van der Waals surface area (Å²) in [5.74, 6) is 0.0881. The van der Waals surface area contributed by atoms with Crippen LogP contribution in [0, 0.1) is 5.82 Å². The Labute approximate surface area is 173 Å². The average Bonchev–Trinajstić information content (AvgIpc) is 2.78. The maximum atomic E-state index is 13.0. The monoisotopic (exact) mass is 410 g/mol. The third-order valence-corrected chi connectivity index (χ3v) is 5.22. The Balaban J connectivity index is 1.42. The first kappa shape index (κ1) is 19.8. The molecule has 1 aliphatic rings. The number of nitrogens with zero attached hydrogens (tertiary/aromatic N) is 5. The van der Waals surface area contributed by atoms with Gasteiger partial charge in [-0.1, -0.05) is 12.1 Å². The zero-order valence-corrected chi connectivity index (χ0v) is 16.7. The minimum absolute atomic E-state index is 0.169. The molecule has 0 spiro atoms. The van der Waals surface area contributed by atoms with Crippen LogP contribution in [0.1, 0.15) is 12.5 Å². The highest BCUT2D eigenvalue weighted by Gasteiger charge is 2.24. The molecule has 8 nitrogen and oxygen atoms in total. The van der Waals surface area contributed by atoms with Crippen LogP contribution < -0.4 is 15.8 Å². The molecule has 1 N–H and O–H groups in total. The summed E-state index contributed by atoms with van der Waals surface area (Å²) >= 11 is 0. The smallest absolute Gasteiger partial charge is 0.317 e. The summed E-state index contributed by atoms with van der Waals surface area (Å²) in [5, 5.41) is 2.85. The first-order valence-electron chi connectivity index (χ1n) is 9.94. The lowest BCUT2D eigenvalue weighted by atomic mass is 10.2. The fraction of sp³-hybridized carbons (Fsp3) is 0.333. The number of rotatable bonds is 4. The minimum Gasteiger partial charge on any atom is -0.348 e. The molecule has 2 amide bonds. The highest BCUT2D eigenvalue weighted by atomic mass is 19.1. The maximum absolute atomic E-state index is 13.0. The molecule has 0 bridgehead atoms. The van der Waals surface area contributed by atoms with Gasteiger partial charge in [-0.15, -0.1) is 0 Å². The lowest BCUT2D eigenvalue weighted by Crippen LogP contribution is -2.53. The van der Waals surface area contributed by atoms with E-state index in [2.05, 4.69) is 15.3 Å². The van der Waals surface area contributed by atoms with Gasteiger partial charge in [-0.05, 0) is 36.8 Å². The molecule has 0 atom stereocenters. The van der Waals surface area contributed by atoms with Crippen LogP contribution in [0.3, 0.4) is 0 Å². The van der Waals surface area contributed by atoms with Crippen LogP contribution >= 0.6 is 0 Å². The van der Waals surface area contributed by atoms with Crippen LogP contribution in [-0.2, 0) is 13.1 Å². The summed E-state index contributed by atoms with van der Waals surface area (Å²) in [5.41, 5.74) is 1.91. The Morgan fingerprint density at radius 3 is 2.57 bits per heavy atom. The molecule has 0 aliphatic carbocycles. The molecule has 4 rings (SSSR count). The molecule has 1 aromatic carbocycles. The molecule has 156 valence electrons. The number of aryl methyl sites for hydroxylation is 1. The van der Waals surface area contributed by atoms with Crippen molar-refractivity contribution in [2.45, 2.75) is 20.0 Å². The predicted molar refractivity (Wildman–Crippen MR) is 112 cm³/mol. The molecule has 0 radical (unpaired) electrons. The Bertz CT molecular complexity index is 1110. The van der Waals surface area contributed by atoms with Crippen molar-refractivity contribution in [2.75, 3.05) is 31.1 Å². The zero-order chi connectivity index (χ0) is 21.1. The molecule has 2 aromatic heterocycles. The van der Waals surface area contributed by atoms with Crippen molar-refractivity contribution in [2.24, 2.45) is 0 Å². The van der Waals surface area contributed by atoms with Gasteiger partial charge in [0.15, 0.2) is 11.5 Å². The summed E-state index contributed by atoms with van der Waals surface area (Å²) in [4.78, 5) is 37.8. The lowest BCUT2D eigenvalue weighted by molar-refractivity contribution is 0.193. The number of carbonyl (C=O) groups is 1. The van der Waals surface area contributed by atoms with E-state index in [0.717, 1.165) is 5.56 Å². The van der Waals surface area contributed by atoms with Crippen molar-refractivity contribution >= 4 is 23.0 Å². The summed E-state index contributed by atoms with van der Waals surface area (Å²) in [6, 6.07) is 9.49. The van der Waals surface area contributed by atoms with Crippen LogP contribution in [0.25, 0.3) is 11.2 Å². The number of urea groups is 1. The highest BCUT2D eigenvalue weighted by molar-refractivity contribution is 5.75. The van der Waals surface area contributed by atoms with Gasteiger partial charge in [0.1, 0.15) is 11.3 Å². The van der Waals surface area contributed by atoms with E-state index in [1.807, 2.05) is 17.9 Å². The van der Waals surface area contributed by atoms with Gasteiger partial charge in [0.05, 0.1) is 0 Å². The second-order valence-corrected chi connectivity index (χ2v) is 7.09. The number of hydrogen-bond donors (Lipinski definition) is 1. The third kappa shape index (κ3) is 3.96. The zero-order valence-electron chi connectivity index (χ0n) is 16.7. The molecular weight excluding hydrogens is 387 g/mol. The standard InChI is InChI=1S/C21H23FN6O2/c1-2-28-18-17(4-3-9-23-18)25-19(20(28)29)26-10-12-27(13-11-26)21(30)24-14-15-5-7-16(22)8-6-15/h3-9H,2,10-14H2,1H3,(H,24,30). The molecule has 1 aliphatic heterocycles. The van der Waals surface area contributed by atoms with Gasteiger partial charge in [-0.2, -0.15) is 0 Å². The second-order valence-electron chi connectivity index (χ2n) is 7.09. The fourth-order valence-corrected chi connectivity index (χ4v) is 3.57. The Morgan fingerprint density at radius 2 is 1.87 bits per heavy atom. The Morgan fingerprint density at radius 1 is 1.13 bits per heavy atom. The number of halogens is 1. The van der Waals surface area contributed by atoms with Crippen molar-refractivity contribution in [1.29, 1.82) is 0 Å². The number of nitrogens with one attached hydrogen (secondary N) is 1. The molecule has 0 unspecified atom stereocenters. The van der Waals surface area contributed by atoms with Crippen LogP contribution in [0.2, 0.25) is 0 Å². The number of carbonyl (C=O) groups excluding carboxylic acids is 1. The quantitative estimate of drug-likeness (QED) is 0.711. The van der Waals surface area contributed by atoms with Gasteiger partial charge in [0, 0.05) is 45.5 Å². The van der Waals surface area contributed by atoms with Gasteiger partial charge in [-0.3, -0.25) is 9.36 Å². The molecule has 1 saturated heterocycles. The van der Waals surface area contributed by atoms with E-state index in [9.17, 15) is 14.0 Å². The Hall–Kier alpha value is -3.49. The average molecular weight is 410 g/mol. The van der Waals surface area contributed by atoms with Crippen molar-refractivity contribution in [3.63, 3.8) is 0 Å². The summed E-state index contributed by atoms with van der Waals surface area (Å²) in [6.45, 7) is 4.74. The van der Waals surface area contributed by atoms with Crippen molar-refractivity contribution in [3.8, 4) is 0 Å². The fourth-order valence-electron chi connectivity index (χ4n) is 3.57. The summed E-state index contributed by atoms with van der Waals surface area (Å²) < 4.78 is 14.6. The topological polar surface area (TPSA) is 83.4 Å². The van der Waals surface area contributed by atoms with E-state index in [-0.39, 0.29) is 17.4 Å². The van der Waals surface area contributed by atoms with E-state index in [4.69, 9.17) is 0 Å². The number of pyridine rings is 1. The molecule has 3 aromatic rings. The minimum atomic E-state index is -0.304. The third-order valence-electron chi connectivity index (χ3n) is 5.22. The number of aromatic nitrogens is 3. The van der Waals surface area contributed by atoms with Gasteiger partial charge in [-0.25, -0.2) is 19.2 Å². The number of amides is 2. The molecule has 1 fully saturated rings. The molecule has 30 heavy (non-hydrogen) atoms. The Kier molecular flexibility index (Phi) is 5.60. The van der Waals surface area contributed by atoms with Crippen molar-refractivity contribution in [1.82, 2.24) is 24.8 Å². The molecule has 9 heteroatoms. The normalized spacial score (nSPS) is 14.2. The van der Waals surface area contributed by atoms with Gasteiger partial charge in [0.2, 0.25) is 0 Å². The summed E-state index contributed by atoms with van der Waals surface area (Å²) in [6.07, 6.45) is 1.65. The van der Waals surface area contributed by atoms with Crippen LogP contribution in [0.15, 0.2) is 47.4 Å². The lowest BCUT2D eigenvalue weighted by Gasteiger charge is -2.35. The van der Waals surface area contributed by atoms with E-state index in [1.54, 1.807) is 33.9 Å². The van der Waals surface area contributed by atoms with Gasteiger partial charge >= 0.3 is 6.03 Å². The molecule has 0 saturated carbocycles. The molecule has 3 heterocycles. The van der Waals surface area contributed by atoms with E-state index < -0.39 is 0 Å². The van der Waals surface area contributed by atoms with E-state index in [1.165, 1.54) is 12.1 Å². The second kappa shape index (κ2) is 8.48. The van der Waals surface area contributed by atoms with Crippen LogP contribution in [0.4, 0.5) is 15.0 Å². The number of piperazine rings is 1. The van der Waals surface area contributed by atoms with Gasteiger partial charge in [0.25, 0.3) is 5.56 Å². The van der Waals surface area contributed by atoms with Crippen LogP contribution in [-0.4, -0.2) is 51.6 Å². The predicted octanol–water partition coefficient (Wildman–Crippen LogP) is 1.98. The largest absolute Gasteiger partial charge is 0.348 e. The first-order valence-corrected chi connectivity index (χ1v) is 9.94. The maximum Gasteiger partial charge on any atom is 0.317 e. The number of hydrogen-bond acceptors (Lipinski definition) is 5. The number of benzene rings is 1. The van der Waals surface area contributed by atoms with Gasteiger partial charge < -0.3 is 15.1 Å². The SMILES string of the molecule is CCn1c(=O)c(N2CCN(C(=O)NCc3ccc(F)cc3)CC2)nc2cccnc21. The van der Waals surface area contributed by atoms with E-state index >= 15 is 0 Å². The molecular formula is C21H23FN6O2. The van der Waals surface area contributed by atoms with Crippen molar-refractivity contribution in [3.05, 3.63) is 64.3 Å². The number of anilines is 1. The number of fused-ring (bicyclic) bond motifs is 1.